The average Bonchev–Trinajstić information content (AvgIpc) is 2.44. The summed E-state index contributed by atoms with van der Waals surface area (Å²) >= 11 is 6.09. The van der Waals surface area contributed by atoms with Crippen LogP contribution < -0.4 is 10.1 Å². The maximum absolute atomic E-state index is 6.09. The van der Waals surface area contributed by atoms with Crippen LogP contribution in [0.4, 0.5) is 0 Å². The summed E-state index contributed by atoms with van der Waals surface area (Å²) in [7, 11) is 1.89. The van der Waals surface area contributed by atoms with Gasteiger partial charge in [-0.2, -0.15) is 4.98 Å². The van der Waals surface area contributed by atoms with Crippen molar-refractivity contribution < 1.29 is 4.74 Å². The van der Waals surface area contributed by atoms with Gasteiger partial charge in [0.05, 0.1) is 0 Å². The Labute approximate surface area is 124 Å². The van der Waals surface area contributed by atoms with Crippen LogP contribution in [-0.2, 0) is 13.0 Å². The van der Waals surface area contributed by atoms with Crippen LogP contribution in [0.1, 0.15) is 23.7 Å². The Morgan fingerprint density at radius 1 is 1.30 bits per heavy atom. The molecule has 0 fully saturated rings. The molecule has 1 aromatic carbocycles. The first-order chi connectivity index (χ1) is 9.63. The van der Waals surface area contributed by atoms with Crippen molar-refractivity contribution in [1.29, 1.82) is 0 Å². The van der Waals surface area contributed by atoms with E-state index in [1.807, 2.05) is 32.2 Å². The first-order valence-corrected chi connectivity index (χ1v) is 6.95. The molecule has 1 heterocycles. The van der Waals surface area contributed by atoms with Crippen LogP contribution in [0.5, 0.6) is 11.8 Å². The summed E-state index contributed by atoms with van der Waals surface area (Å²) in [5.74, 6) is 0.701. The molecular formula is C15H18ClN3O. The van der Waals surface area contributed by atoms with Crippen molar-refractivity contribution >= 4 is 11.6 Å². The average molecular weight is 292 g/mol. The summed E-state index contributed by atoms with van der Waals surface area (Å²) in [6, 6.07) is 5.93. The number of aromatic nitrogens is 2. The third-order valence-corrected chi connectivity index (χ3v) is 3.40. The van der Waals surface area contributed by atoms with Crippen molar-refractivity contribution in [2.45, 2.75) is 26.8 Å². The largest absolute Gasteiger partial charge is 0.424 e. The quantitative estimate of drug-likeness (QED) is 0.916. The Morgan fingerprint density at radius 2 is 2.10 bits per heavy atom. The van der Waals surface area contributed by atoms with Gasteiger partial charge in [-0.25, -0.2) is 4.98 Å². The van der Waals surface area contributed by atoms with Crippen molar-refractivity contribution in [3.05, 3.63) is 46.2 Å². The monoisotopic (exact) mass is 291 g/mol. The molecular weight excluding hydrogens is 274 g/mol. The highest BCUT2D eigenvalue weighted by atomic mass is 35.5. The fourth-order valence-electron chi connectivity index (χ4n) is 1.87. The van der Waals surface area contributed by atoms with Gasteiger partial charge < -0.3 is 10.1 Å². The highest BCUT2D eigenvalue weighted by Crippen LogP contribution is 2.25. The molecule has 2 aromatic rings. The number of benzene rings is 1. The molecule has 5 heteroatoms. The molecule has 1 N–H and O–H groups in total. The molecule has 0 saturated heterocycles. The van der Waals surface area contributed by atoms with E-state index in [1.165, 1.54) is 0 Å². The van der Waals surface area contributed by atoms with E-state index >= 15 is 0 Å². The number of halogens is 1. The second-order valence-corrected chi connectivity index (χ2v) is 4.91. The standard InChI is InChI=1S/C15H18ClN3O/c1-4-11-7-13(5-6-14(11)16)20-15-18-9-12(8-17-3)10(2)19-15/h5-7,9,17H,4,8H2,1-3H3. The lowest BCUT2D eigenvalue weighted by Gasteiger charge is -2.09. The van der Waals surface area contributed by atoms with E-state index in [0.29, 0.717) is 11.8 Å². The number of hydrogen-bond donors (Lipinski definition) is 1. The first kappa shape index (κ1) is 14.8. The second-order valence-electron chi connectivity index (χ2n) is 4.50. The Hall–Kier alpha value is -1.65. The van der Waals surface area contributed by atoms with Crippen molar-refractivity contribution in [1.82, 2.24) is 15.3 Å². The number of hydrogen-bond acceptors (Lipinski definition) is 4. The highest BCUT2D eigenvalue weighted by Gasteiger charge is 2.06. The lowest BCUT2D eigenvalue weighted by atomic mass is 10.1. The van der Waals surface area contributed by atoms with Gasteiger partial charge in [0.1, 0.15) is 5.75 Å². The third kappa shape index (κ3) is 3.46. The molecule has 0 aliphatic rings. The molecule has 0 radical (unpaired) electrons. The minimum absolute atomic E-state index is 0.353. The fourth-order valence-corrected chi connectivity index (χ4v) is 2.13. The zero-order valence-electron chi connectivity index (χ0n) is 11.9. The van der Waals surface area contributed by atoms with Gasteiger partial charge in [0, 0.05) is 29.0 Å². The topological polar surface area (TPSA) is 47.0 Å². The van der Waals surface area contributed by atoms with Crippen LogP contribution in [0.2, 0.25) is 5.02 Å². The number of ether oxygens (including phenoxy) is 1. The molecule has 0 amide bonds. The number of rotatable bonds is 5. The van der Waals surface area contributed by atoms with Gasteiger partial charge in [0.15, 0.2) is 0 Å². The Kier molecular flexibility index (Phi) is 4.93. The molecule has 0 spiro atoms. The molecule has 0 saturated carbocycles. The van der Waals surface area contributed by atoms with E-state index in [4.69, 9.17) is 16.3 Å². The lowest BCUT2D eigenvalue weighted by molar-refractivity contribution is 0.438. The molecule has 0 aliphatic carbocycles. The van der Waals surface area contributed by atoms with E-state index in [-0.39, 0.29) is 0 Å². The minimum Gasteiger partial charge on any atom is -0.424 e. The molecule has 4 nitrogen and oxygen atoms in total. The summed E-state index contributed by atoms with van der Waals surface area (Å²) in [6.45, 7) is 4.74. The summed E-state index contributed by atoms with van der Waals surface area (Å²) in [5, 5.41) is 3.83. The summed E-state index contributed by atoms with van der Waals surface area (Å²) in [4.78, 5) is 8.58. The molecule has 0 bridgehead atoms. The first-order valence-electron chi connectivity index (χ1n) is 6.57. The maximum Gasteiger partial charge on any atom is 0.322 e. The van der Waals surface area contributed by atoms with E-state index in [0.717, 1.165) is 34.8 Å². The zero-order valence-corrected chi connectivity index (χ0v) is 12.7. The van der Waals surface area contributed by atoms with Gasteiger partial charge in [0.25, 0.3) is 0 Å². The highest BCUT2D eigenvalue weighted by molar-refractivity contribution is 6.31. The van der Waals surface area contributed by atoms with E-state index < -0.39 is 0 Å². The SMILES string of the molecule is CCc1cc(Oc2ncc(CNC)c(C)n2)ccc1Cl. The van der Waals surface area contributed by atoms with Gasteiger partial charge in [-0.1, -0.05) is 18.5 Å². The Bertz CT molecular complexity index is 602. The second kappa shape index (κ2) is 6.68. The molecule has 2 rings (SSSR count). The van der Waals surface area contributed by atoms with Gasteiger partial charge in [-0.3, -0.25) is 0 Å². The van der Waals surface area contributed by atoms with E-state index in [2.05, 4.69) is 22.2 Å². The molecule has 20 heavy (non-hydrogen) atoms. The number of nitrogens with one attached hydrogen (secondary N) is 1. The van der Waals surface area contributed by atoms with Crippen LogP contribution >= 0.6 is 11.6 Å². The molecule has 0 atom stereocenters. The van der Waals surface area contributed by atoms with Gasteiger partial charge in [-0.05, 0) is 44.2 Å². The molecule has 106 valence electrons. The van der Waals surface area contributed by atoms with Crippen LogP contribution in [0, 0.1) is 6.92 Å². The van der Waals surface area contributed by atoms with Crippen molar-refractivity contribution in [3.8, 4) is 11.8 Å². The summed E-state index contributed by atoms with van der Waals surface area (Å²) < 4.78 is 5.69. The van der Waals surface area contributed by atoms with E-state index in [9.17, 15) is 0 Å². The Morgan fingerprint density at radius 3 is 2.75 bits per heavy atom. The van der Waals surface area contributed by atoms with Crippen LogP contribution in [0.25, 0.3) is 0 Å². The van der Waals surface area contributed by atoms with Crippen molar-refractivity contribution in [3.63, 3.8) is 0 Å². The lowest BCUT2D eigenvalue weighted by Crippen LogP contribution is -2.08. The van der Waals surface area contributed by atoms with Crippen molar-refractivity contribution in [2.24, 2.45) is 0 Å². The molecule has 0 unspecified atom stereocenters. The minimum atomic E-state index is 0.353. The third-order valence-electron chi connectivity index (χ3n) is 3.03. The van der Waals surface area contributed by atoms with Gasteiger partial charge >= 0.3 is 6.01 Å². The number of nitrogens with zero attached hydrogens (tertiary/aromatic N) is 2. The predicted octanol–water partition coefficient (Wildman–Crippen LogP) is 3.51. The fraction of sp³-hybridized carbons (Fsp3) is 0.333. The van der Waals surface area contributed by atoms with Crippen LogP contribution in [0.15, 0.2) is 24.4 Å². The van der Waals surface area contributed by atoms with Crippen molar-refractivity contribution in [2.75, 3.05) is 7.05 Å². The smallest absolute Gasteiger partial charge is 0.322 e. The Balaban J connectivity index is 2.19. The van der Waals surface area contributed by atoms with Gasteiger partial charge in [-0.15, -0.1) is 0 Å². The zero-order chi connectivity index (χ0) is 14.5. The molecule has 1 aromatic heterocycles. The normalized spacial score (nSPS) is 10.6. The number of aryl methyl sites for hydroxylation is 2. The maximum atomic E-state index is 6.09. The van der Waals surface area contributed by atoms with Gasteiger partial charge in [0.2, 0.25) is 0 Å². The van der Waals surface area contributed by atoms with Crippen LogP contribution in [-0.4, -0.2) is 17.0 Å². The van der Waals surface area contributed by atoms with E-state index in [1.54, 1.807) is 6.20 Å². The molecule has 0 aliphatic heterocycles. The summed E-state index contributed by atoms with van der Waals surface area (Å²) in [6.07, 6.45) is 2.64. The predicted molar refractivity (Wildman–Crippen MR) is 80.4 cm³/mol. The summed E-state index contributed by atoms with van der Waals surface area (Å²) in [5.41, 5.74) is 3.02. The van der Waals surface area contributed by atoms with Crippen LogP contribution in [0.3, 0.4) is 0 Å².